The van der Waals surface area contributed by atoms with Crippen molar-refractivity contribution in [2.45, 2.75) is 25.3 Å². The van der Waals surface area contributed by atoms with Crippen molar-refractivity contribution in [3.05, 3.63) is 0 Å². The van der Waals surface area contributed by atoms with Gasteiger partial charge in [0.25, 0.3) is 0 Å². The highest BCUT2D eigenvalue weighted by atomic mass is 32.2. The van der Waals surface area contributed by atoms with Gasteiger partial charge < -0.3 is 0 Å². The smallest absolute Gasteiger partial charge is 0.147 e. The molecule has 1 heterocycles. The maximum Gasteiger partial charge on any atom is 0.147 e. The van der Waals surface area contributed by atoms with Crippen molar-refractivity contribution >= 4 is 17.5 Å². The third-order valence-corrected chi connectivity index (χ3v) is 2.60. The lowest BCUT2D eigenvalue weighted by Crippen LogP contribution is -2.33. The first-order chi connectivity index (χ1) is 4.20. The summed E-state index contributed by atoms with van der Waals surface area (Å²) in [6.45, 7) is 3.71. The van der Waals surface area contributed by atoms with E-state index in [2.05, 4.69) is 12.2 Å². The van der Waals surface area contributed by atoms with Crippen molar-refractivity contribution < 1.29 is 4.79 Å². The van der Waals surface area contributed by atoms with Crippen LogP contribution in [0.4, 0.5) is 0 Å². The molecule has 0 radical (unpaired) electrons. The molecule has 1 aliphatic heterocycles. The molecule has 0 spiro atoms. The molecular weight excluding hydrogens is 134 g/mol. The van der Waals surface area contributed by atoms with E-state index in [1.165, 1.54) is 0 Å². The molecule has 2 atom stereocenters. The Hall–Kier alpha value is -0.0200. The molecule has 1 N–H and O–H groups in total. The van der Waals surface area contributed by atoms with Crippen molar-refractivity contribution in [2.24, 2.45) is 0 Å². The van der Waals surface area contributed by atoms with E-state index in [1.54, 1.807) is 18.7 Å². The van der Waals surface area contributed by atoms with E-state index in [-0.39, 0.29) is 11.8 Å². The lowest BCUT2D eigenvalue weighted by atomic mass is 10.2. The maximum absolute atomic E-state index is 10.7. The molecule has 0 aromatic rings. The van der Waals surface area contributed by atoms with Gasteiger partial charge in [-0.3, -0.25) is 10.1 Å². The van der Waals surface area contributed by atoms with Crippen LogP contribution in [-0.4, -0.2) is 23.0 Å². The molecule has 0 aliphatic carbocycles. The molecule has 1 fully saturated rings. The molecule has 1 rings (SSSR count). The number of hydrogen-bond acceptors (Lipinski definition) is 3. The van der Waals surface area contributed by atoms with E-state index in [4.69, 9.17) is 0 Å². The van der Waals surface area contributed by atoms with Crippen LogP contribution < -0.4 is 5.32 Å². The lowest BCUT2D eigenvalue weighted by molar-refractivity contribution is -0.118. The van der Waals surface area contributed by atoms with Crippen LogP contribution in [0, 0.1) is 0 Å². The summed E-state index contributed by atoms with van der Waals surface area (Å²) in [5, 5.41) is 3.62. The summed E-state index contributed by atoms with van der Waals surface area (Å²) < 4.78 is 0. The summed E-state index contributed by atoms with van der Waals surface area (Å²) in [6.07, 6.45) is 0. The maximum atomic E-state index is 10.7. The second kappa shape index (κ2) is 2.71. The lowest BCUT2D eigenvalue weighted by Gasteiger charge is -2.04. The van der Waals surface area contributed by atoms with Crippen LogP contribution >= 0.6 is 11.8 Å². The molecule has 0 bridgehead atoms. The number of carbonyl (C=O) groups excluding carboxylic acids is 1. The van der Waals surface area contributed by atoms with Crippen LogP contribution in [-0.2, 0) is 4.79 Å². The van der Waals surface area contributed by atoms with Gasteiger partial charge in [-0.15, -0.1) is 11.8 Å². The van der Waals surface area contributed by atoms with Gasteiger partial charge >= 0.3 is 0 Å². The third-order valence-electron chi connectivity index (χ3n) is 1.44. The van der Waals surface area contributed by atoms with Crippen molar-refractivity contribution in [1.82, 2.24) is 5.32 Å². The molecule has 2 nitrogen and oxygen atoms in total. The van der Waals surface area contributed by atoms with E-state index < -0.39 is 0 Å². The predicted octanol–water partition coefficient (Wildman–Crippen LogP) is 0.626. The predicted molar refractivity (Wildman–Crippen MR) is 39.5 cm³/mol. The molecule has 3 heteroatoms. The monoisotopic (exact) mass is 145 g/mol. The van der Waals surface area contributed by atoms with Crippen LogP contribution in [0.15, 0.2) is 0 Å². The van der Waals surface area contributed by atoms with Gasteiger partial charge in [-0.05, 0) is 13.8 Å². The fourth-order valence-corrected chi connectivity index (χ4v) is 1.93. The molecule has 1 aliphatic rings. The summed E-state index contributed by atoms with van der Waals surface area (Å²) in [4.78, 5) is 10.7. The molecular formula is C6H11NOS. The second-order valence-corrected chi connectivity index (χ2v) is 3.68. The van der Waals surface area contributed by atoms with Crippen LogP contribution in [0.2, 0.25) is 0 Å². The number of nitrogens with one attached hydrogen (secondary N) is 1. The minimum Gasteiger partial charge on any atom is -0.298 e. The fraction of sp³-hybridized carbons (Fsp3) is 0.833. The number of ketones is 1. The quantitative estimate of drug-likeness (QED) is 0.586. The Bertz CT molecular complexity index is 126. The zero-order valence-corrected chi connectivity index (χ0v) is 6.49. The van der Waals surface area contributed by atoms with Gasteiger partial charge in [0.1, 0.15) is 5.78 Å². The zero-order chi connectivity index (χ0) is 6.85. The average Bonchev–Trinajstić information content (AvgIpc) is 2.14. The minimum absolute atomic E-state index is 0.116. The Labute approximate surface area is 59.4 Å². The van der Waals surface area contributed by atoms with Crippen molar-refractivity contribution in [3.63, 3.8) is 0 Å². The number of hydrogen-bond donors (Lipinski definition) is 1. The van der Waals surface area contributed by atoms with Gasteiger partial charge in [0.05, 0.1) is 11.4 Å². The van der Waals surface area contributed by atoms with Gasteiger partial charge in [-0.1, -0.05) is 0 Å². The van der Waals surface area contributed by atoms with E-state index >= 15 is 0 Å². The SMILES string of the molecule is CC(=O)[C@@H]1CSC(C)N1. The molecule has 0 aromatic heterocycles. The first-order valence-corrected chi connectivity index (χ1v) is 4.13. The van der Waals surface area contributed by atoms with Crippen LogP contribution in [0.3, 0.4) is 0 Å². The first-order valence-electron chi connectivity index (χ1n) is 3.08. The minimum atomic E-state index is 0.116. The van der Waals surface area contributed by atoms with Crippen LogP contribution in [0.1, 0.15) is 13.8 Å². The van der Waals surface area contributed by atoms with Crippen molar-refractivity contribution in [2.75, 3.05) is 5.75 Å². The third kappa shape index (κ3) is 1.69. The second-order valence-electron chi connectivity index (χ2n) is 2.31. The van der Waals surface area contributed by atoms with Crippen LogP contribution in [0.25, 0.3) is 0 Å². The average molecular weight is 145 g/mol. The first kappa shape index (κ1) is 7.09. The Morgan fingerprint density at radius 2 is 2.44 bits per heavy atom. The Balaban J connectivity index is 2.39. The number of Topliss-reactive ketones (excluding diaryl/α,β-unsaturated/α-hetero) is 1. The van der Waals surface area contributed by atoms with Crippen molar-refractivity contribution in [1.29, 1.82) is 0 Å². The number of carbonyl (C=O) groups is 1. The van der Waals surface area contributed by atoms with E-state index in [1.807, 2.05) is 0 Å². The summed E-state index contributed by atoms with van der Waals surface area (Å²) in [7, 11) is 0. The zero-order valence-electron chi connectivity index (χ0n) is 5.68. The van der Waals surface area contributed by atoms with E-state index in [0.29, 0.717) is 5.37 Å². The Morgan fingerprint density at radius 1 is 1.78 bits per heavy atom. The largest absolute Gasteiger partial charge is 0.298 e. The van der Waals surface area contributed by atoms with Gasteiger partial charge in [0.2, 0.25) is 0 Å². The highest BCUT2D eigenvalue weighted by Crippen LogP contribution is 2.17. The normalized spacial score (nSPS) is 34.9. The Kier molecular flexibility index (Phi) is 2.13. The standard InChI is InChI=1S/C6H11NOS/c1-4(8)6-3-9-5(2)7-6/h5-7H,3H2,1-2H3/t5?,6-/m0/s1. The summed E-state index contributed by atoms with van der Waals surface area (Å²) in [5.41, 5.74) is 0. The topological polar surface area (TPSA) is 29.1 Å². The number of rotatable bonds is 1. The van der Waals surface area contributed by atoms with Crippen LogP contribution in [0.5, 0.6) is 0 Å². The molecule has 0 saturated carbocycles. The summed E-state index contributed by atoms with van der Waals surface area (Å²) in [5.74, 6) is 1.20. The molecule has 1 saturated heterocycles. The molecule has 0 amide bonds. The number of thioether (sulfide) groups is 1. The Morgan fingerprint density at radius 3 is 2.67 bits per heavy atom. The molecule has 1 unspecified atom stereocenters. The molecule has 52 valence electrons. The van der Waals surface area contributed by atoms with Gasteiger partial charge in [0, 0.05) is 5.75 Å². The highest BCUT2D eigenvalue weighted by molar-refractivity contribution is 8.00. The van der Waals surface area contributed by atoms with Gasteiger partial charge in [-0.25, -0.2) is 0 Å². The summed E-state index contributed by atoms with van der Waals surface area (Å²) in [6, 6.07) is 0.116. The van der Waals surface area contributed by atoms with Crippen molar-refractivity contribution in [3.8, 4) is 0 Å². The fourth-order valence-electron chi connectivity index (χ4n) is 0.855. The molecule has 0 aromatic carbocycles. The molecule has 9 heavy (non-hydrogen) atoms. The van der Waals surface area contributed by atoms with E-state index in [0.717, 1.165) is 5.75 Å². The van der Waals surface area contributed by atoms with Gasteiger partial charge in [-0.2, -0.15) is 0 Å². The highest BCUT2D eigenvalue weighted by Gasteiger charge is 2.23. The van der Waals surface area contributed by atoms with E-state index in [9.17, 15) is 4.79 Å². The van der Waals surface area contributed by atoms with Gasteiger partial charge in [0.15, 0.2) is 0 Å². The summed E-state index contributed by atoms with van der Waals surface area (Å²) >= 11 is 1.80.